The summed E-state index contributed by atoms with van der Waals surface area (Å²) in [5.41, 5.74) is 2.39. The van der Waals surface area contributed by atoms with E-state index in [2.05, 4.69) is 25.9 Å². The topological polar surface area (TPSA) is 27.1 Å². The van der Waals surface area contributed by atoms with Gasteiger partial charge in [0.2, 0.25) is 5.88 Å². The molecule has 0 aliphatic carbocycles. The van der Waals surface area contributed by atoms with Crippen LogP contribution in [0.2, 0.25) is 0 Å². The summed E-state index contributed by atoms with van der Waals surface area (Å²) in [4.78, 5) is 0. The predicted molar refractivity (Wildman–Crippen MR) is 48.6 cm³/mol. The second-order valence-corrected chi connectivity index (χ2v) is 3.29. The summed E-state index contributed by atoms with van der Waals surface area (Å²) in [7, 11) is 3.59. The third-order valence-corrected chi connectivity index (χ3v) is 2.12. The van der Waals surface area contributed by atoms with Gasteiger partial charge in [-0.15, -0.1) is 5.10 Å². The highest BCUT2D eigenvalue weighted by Gasteiger charge is 2.15. The molecule has 1 heterocycles. The number of aryl methyl sites for hydroxylation is 1. The Morgan fingerprint density at radius 2 is 2.00 bits per heavy atom. The van der Waals surface area contributed by atoms with Crippen LogP contribution >= 0.6 is 0 Å². The standard InChI is InChI=1S/C9H16N2O/c1-6(2)8-7(3)11(4)10-9(8)12-5/h6H,1-5H3. The molecular weight excluding hydrogens is 152 g/mol. The van der Waals surface area contributed by atoms with Gasteiger partial charge in [0.25, 0.3) is 0 Å². The zero-order valence-corrected chi connectivity index (χ0v) is 8.38. The average molecular weight is 168 g/mol. The minimum absolute atomic E-state index is 0.466. The SMILES string of the molecule is COc1nn(C)c(C)c1C(C)C. The number of ether oxygens (including phenoxy) is 1. The minimum Gasteiger partial charge on any atom is -0.480 e. The van der Waals surface area contributed by atoms with E-state index in [1.807, 2.05) is 11.7 Å². The highest BCUT2D eigenvalue weighted by molar-refractivity contribution is 5.33. The predicted octanol–water partition coefficient (Wildman–Crippen LogP) is 1.86. The molecule has 0 bridgehead atoms. The number of rotatable bonds is 2. The summed E-state index contributed by atoms with van der Waals surface area (Å²) in [5.74, 6) is 1.22. The first kappa shape index (κ1) is 9.10. The molecule has 0 N–H and O–H groups in total. The van der Waals surface area contributed by atoms with Crippen molar-refractivity contribution in [3.05, 3.63) is 11.3 Å². The first-order valence-corrected chi connectivity index (χ1v) is 4.15. The largest absolute Gasteiger partial charge is 0.480 e. The summed E-state index contributed by atoms with van der Waals surface area (Å²) < 4.78 is 7.03. The van der Waals surface area contributed by atoms with Gasteiger partial charge >= 0.3 is 0 Å². The number of hydrogen-bond acceptors (Lipinski definition) is 2. The van der Waals surface area contributed by atoms with Gasteiger partial charge in [-0.1, -0.05) is 13.8 Å². The molecule has 68 valence electrons. The Morgan fingerprint density at radius 3 is 2.33 bits per heavy atom. The van der Waals surface area contributed by atoms with Gasteiger partial charge in [-0.05, 0) is 12.8 Å². The number of methoxy groups -OCH3 is 1. The lowest BCUT2D eigenvalue weighted by molar-refractivity contribution is 0.386. The van der Waals surface area contributed by atoms with Crippen molar-refractivity contribution in [2.45, 2.75) is 26.7 Å². The smallest absolute Gasteiger partial charge is 0.236 e. The summed E-state index contributed by atoms with van der Waals surface area (Å²) >= 11 is 0. The zero-order chi connectivity index (χ0) is 9.30. The zero-order valence-electron chi connectivity index (χ0n) is 8.38. The molecule has 3 heteroatoms. The van der Waals surface area contributed by atoms with Crippen LogP contribution in [0, 0.1) is 6.92 Å². The van der Waals surface area contributed by atoms with Gasteiger partial charge in [0, 0.05) is 18.3 Å². The minimum atomic E-state index is 0.466. The Bertz CT molecular complexity index is 276. The molecule has 1 aromatic rings. The molecular formula is C9H16N2O. The van der Waals surface area contributed by atoms with Crippen LogP contribution in [0.15, 0.2) is 0 Å². The molecule has 0 atom stereocenters. The first-order valence-electron chi connectivity index (χ1n) is 4.15. The van der Waals surface area contributed by atoms with Crippen LogP contribution in [0.25, 0.3) is 0 Å². The van der Waals surface area contributed by atoms with Crippen molar-refractivity contribution in [1.29, 1.82) is 0 Å². The molecule has 3 nitrogen and oxygen atoms in total. The van der Waals surface area contributed by atoms with Crippen LogP contribution in [0.5, 0.6) is 5.88 Å². The van der Waals surface area contributed by atoms with Gasteiger partial charge in [0.1, 0.15) is 0 Å². The highest BCUT2D eigenvalue weighted by atomic mass is 16.5. The Labute approximate surface area is 73.3 Å². The number of nitrogens with zero attached hydrogens (tertiary/aromatic N) is 2. The van der Waals surface area contributed by atoms with Crippen molar-refractivity contribution in [2.24, 2.45) is 7.05 Å². The van der Waals surface area contributed by atoms with Crippen LogP contribution in [-0.2, 0) is 7.05 Å². The monoisotopic (exact) mass is 168 g/mol. The molecule has 0 fully saturated rings. The quantitative estimate of drug-likeness (QED) is 0.674. The Balaban J connectivity index is 3.21. The molecule has 0 saturated carbocycles. The molecule has 0 aliphatic rings. The maximum atomic E-state index is 5.18. The van der Waals surface area contributed by atoms with E-state index in [1.54, 1.807) is 7.11 Å². The lowest BCUT2D eigenvalue weighted by atomic mass is 10.0. The van der Waals surface area contributed by atoms with Gasteiger partial charge in [-0.2, -0.15) is 0 Å². The maximum absolute atomic E-state index is 5.18. The lowest BCUT2D eigenvalue weighted by Crippen LogP contribution is -1.95. The molecule has 1 rings (SSSR count). The van der Waals surface area contributed by atoms with Crippen molar-refractivity contribution < 1.29 is 4.74 Å². The van der Waals surface area contributed by atoms with Crippen molar-refractivity contribution in [3.8, 4) is 5.88 Å². The summed E-state index contributed by atoms with van der Waals surface area (Å²) in [6, 6.07) is 0. The fourth-order valence-electron chi connectivity index (χ4n) is 1.41. The molecule has 0 aliphatic heterocycles. The van der Waals surface area contributed by atoms with E-state index in [1.165, 1.54) is 11.3 Å². The van der Waals surface area contributed by atoms with E-state index in [9.17, 15) is 0 Å². The van der Waals surface area contributed by atoms with Crippen LogP contribution in [-0.4, -0.2) is 16.9 Å². The Kier molecular flexibility index (Phi) is 2.40. The molecule has 0 aromatic carbocycles. The van der Waals surface area contributed by atoms with Gasteiger partial charge in [0.15, 0.2) is 0 Å². The third kappa shape index (κ3) is 1.31. The fraction of sp³-hybridized carbons (Fsp3) is 0.667. The van der Waals surface area contributed by atoms with Crippen LogP contribution < -0.4 is 4.74 Å². The van der Waals surface area contributed by atoms with Crippen LogP contribution in [0.4, 0.5) is 0 Å². The molecule has 12 heavy (non-hydrogen) atoms. The molecule has 0 amide bonds. The summed E-state index contributed by atoms with van der Waals surface area (Å²) in [5, 5.41) is 4.24. The third-order valence-electron chi connectivity index (χ3n) is 2.12. The fourth-order valence-corrected chi connectivity index (χ4v) is 1.41. The number of hydrogen-bond donors (Lipinski definition) is 0. The van der Waals surface area contributed by atoms with Crippen molar-refractivity contribution in [2.75, 3.05) is 7.11 Å². The summed E-state index contributed by atoms with van der Waals surface area (Å²) in [6.45, 7) is 6.35. The van der Waals surface area contributed by atoms with Gasteiger partial charge in [0.05, 0.1) is 7.11 Å². The Hall–Kier alpha value is -0.990. The van der Waals surface area contributed by atoms with Crippen LogP contribution in [0.1, 0.15) is 31.0 Å². The lowest BCUT2D eigenvalue weighted by Gasteiger charge is -2.05. The Morgan fingerprint density at radius 1 is 1.42 bits per heavy atom. The van der Waals surface area contributed by atoms with E-state index < -0.39 is 0 Å². The van der Waals surface area contributed by atoms with Gasteiger partial charge in [-0.25, -0.2) is 0 Å². The average Bonchev–Trinajstić information content (AvgIpc) is 2.28. The molecule has 1 aromatic heterocycles. The highest BCUT2D eigenvalue weighted by Crippen LogP contribution is 2.27. The molecule has 0 unspecified atom stereocenters. The van der Waals surface area contributed by atoms with Gasteiger partial charge in [-0.3, -0.25) is 4.68 Å². The van der Waals surface area contributed by atoms with E-state index in [-0.39, 0.29) is 0 Å². The van der Waals surface area contributed by atoms with Crippen LogP contribution in [0.3, 0.4) is 0 Å². The van der Waals surface area contributed by atoms with Gasteiger partial charge < -0.3 is 4.74 Å². The second kappa shape index (κ2) is 3.17. The van der Waals surface area contributed by atoms with E-state index >= 15 is 0 Å². The van der Waals surface area contributed by atoms with Crippen molar-refractivity contribution >= 4 is 0 Å². The summed E-state index contributed by atoms with van der Waals surface area (Å²) in [6.07, 6.45) is 0. The van der Waals surface area contributed by atoms with E-state index in [0.717, 1.165) is 5.88 Å². The second-order valence-electron chi connectivity index (χ2n) is 3.29. The van der Waals surface area contributed by atoms with Crippen molar-refractivity contribution in [3.63, 3.8) is 0 Å². The normalized spacial score (nSPS) is 10.8. The molecule has 0 saturated heterocycles. The molecule has 0 radical (unpaired) electrons. The van der Waals surface area contributed by atoms with E-state index in [4.69, 9.17) is 4.74 Å². The maximum Gasteiger partial charge on any atom is 0.236 e. The number of aromatic nitrogens is 2. The first-order chi connectivity index (χ1) is 5.57. The van der Waals surface area contributed by atoms with Crippen molar-refractivity contribution in [1.82, 2.24) is 9.78 Å². The molecule has 0 spiro atoms. The van der Waals surface area contributed by atoms with E-state index in [0.29, 0.717) is 5.92 Å².